The van der Waals surface area contributed by atoms with Crippen LogP contribution < -0.4 is 0 Å². The van der Waals surface area contributed by atoms with Gasteiger partial charge in [-0.3, -0.25) is 4.79 Å². The van der Waals surface area contributed by atoms with Crippen LogP contribution in [0.5, 0.6) is 0 Å². The van der Waals surface area contributed by atoms with Crippen molar-refractivity contribution in [1.29, 1.82) is 0 Å². The van der Waals surface area contributed by atoms with E-state index in [0.717, 1.165) is 51.4 Å². The molecule has 0 heterocycles. The minimum Gasteiger partial charge on any atom is -0.617 e. The molecule has 0 radical (unpaired) electrons. The van der Waals surface area contributed by atoms with Crippen LogP contribution in [0.1, 0.15) is 65.2 Å². The predicted octanol–water partition coefficient (Wildman–Crippen LogP) is 3.45. The Hall–Kier alpha value is -0.260. The van der Waals surface area contributed by atoms with E-state index >= 15 is 0 Å². The molecule has 0 amide bonds. The van der Waals surface area contributed by atoms with Crippen molar-refractivity contribution in [2.24, 2.45) is 39.9 Å². The maximum Gasteiger partial charge on any atom is 0.309 e. The fourth-order valence-electron chi connectivity index (χ4n) is 8.23. The van der Waals surface area contributed by atoms with Crippen molar-refractivity contribution in [3.05, 3.63) is 0 Å². The van der Waals surface area contributed by atoms with Crippen molar-refractivity contribution in [3.63, 3.8) is 0 Å². The average molecular weight is 383 g/mol. The summed E-state index contributed by atoms with van der Waals surface area (Å²) in [7, 11) is 0. The Morgan fingerprint density at radius 1 is 1.15 bits per heavy atom. The van der Waals surface area contributed by atoms with Gasteiger partial charge in [-0.2, -0.15) is 0 Å². The summed E-state index contributed by atoms with van der Waals surface area (Å²) in [5, 5.41) is 21.4. The quantitative estimate of drug-likeness (QED) is 0.733. The third-order valence-corrected chi connectivity index (χ3v) is 10.3. The molecule has 0 aliphatic heterocycles. The molecule has 0 aromatic carbocycles. The van der Waals surface area contributed by atoms with Gasteiger partial charge in [0, 0.05) is 11.3 Å². The van der Waals surface area contributed by atoms with Gasteiger partial charge in [0.1, 0.15) is 5.75 Å². The van der Waals surface area contributed by atoms with Crippen molar-refractivity contribution in [2.45, 2.75) is 71.3 Å². The van der Waals surface area contributed by atoms with Crippen LogP contribution in [0.25, 0.3) is 0 Å². The monoisotopic (exact) mass is 382 g/mol. The van der Waals surface area contributed by atoms with E-state index in [2.05, 4.69) is 6.92 Å². The van der Waals surface area contributed by atoms with E-state index in [0.29, 0.717) is 17.6 Å². The lowest BCUT2D eigenvalue weighted by atomic mass is 9.35. The van der Waals surface area contributed by atoms with Gasteiger partial charge in [0.2, 0.25) is 0 Å². The van der Waals surface area contributed by atoms with Gasteiger partial charge in [-0.15, -0.1) is 0 Å². The molecular formula is C21H34O4S. The van der Waals surface area contributed by atoms with E-state index in [1.165, 1.54) is 0 Å². The zero-order valence-corrected chi connectivity index (χ0v) is 17.2. The lowest BCUT2D eigenvalue weighted by Crippen LogP contribution is -2.67. The number of aliphatic hydroxyl groups excluding tert-OH is 1. The van der Waals surface area contributed by atoms with Gasteiger partial charge in [-0.05, 0) is 75.0 Å². The summed E-state index contributed by atoms with van der Waals surface area (Å²) in [5.74, 6) is 1.23. The second-order valence-electron chi connectivity index (χ2n) is 10.3. The van der Waals surface area contributed by atoms with Gasteiger partial charge in [0.15, 0.2) is 0 Å². The van der Waals surface area contributed by atoms with Crippen molar-refractivity contribution >= 4 is 17.1 Å². The van der Waals surface area contributed by atoms with Gasteiger partial charge in [0.05, 0.1) is 17.8 Å². The lowest BCUT2D eigenvalue weighted by Gasteiger charge is -2.69. The van der Waals surface area contributed by atoms with Crippen LogP contribution in [0, 0.1) is 39.9 Å². The molecule has 0 aromatic rings. The molecule has 26 heavy (non-hydrogen) atoms. The normalized spacial score (nSPS) is 54.3. The fraction of sp³-hybridized carbons (Fsp3) is 0.952. The molecule has 0 aromatic heterocycles. The maximum absolute atomic E-state index is 12.1. The standard InChI is InChI=1S/C21H34O4S/c1-19-7-4-8-20(2,18(23)24)15(19)6-10-21-9-5-13(11-16(19)21)14(17(21)22)12-26(3)25/h13-17,22H,4-12H2,1-3H3,(H,23,24)/t13-,14+,15-,16-,17?,19+,20+,21-,26?/m1/s1. The third-order valence-electron chi connectivity index (χ3n) is 9.40. The molecular weight excluding hydrogens is 348 g/mol. The van der Waals surface area contributed by atoms with Crippen LogP contribution in [-0.4, -0.2) is 38.8 Å². The number of aliphatic hydroxyl groups is 1. The molecule has 0 saturated heterocycles. The van der Waals surface area contributed by atoms with Gasteiger partial charge in [0.25, 0.3) is 0 Å². The minimum absolute atomic E-state index is 0.0135. The Bertz CT molecular complexity index is 595. The highest BCUT2D eigenvalue weighted by Crippen LogP contribution is 2.72. The lowest BCUT2D eigenvalue weighted by molar-refractivity contribution is -0.241. The average Bonchev–Trinajstić information content (AvgIpc) is 2.57. The number of carbonyl (C=O) groups is 1. The SMILES string of the molecule is C[S+]([O-])C[C@@H]1C(O)[C@@]23CC[C@@H]1C[C@@H]2[C@@]1(C)CCC[C@](C)(C(=O)O)[C@@H]1CC3. The summed E-state index contributed by atoms with van der Waals surface area (Å²) in [4.78, 5) is 12.1. The minimum atomic E-state index is -0.876. The van der Waals surface area contributed by atoms with Gasteiger partial charge < -0.3 is 14.8 Å². The third kappa shape index (κ3) is 2.39. The number of fused-ring (bicyclic) bond motifs is 3. The number of rotatable bonds is 3. The first-order valence-electron chi connectivity index (χ1n) is 10.4. The van der Waals surface area contributed by atoms with E-state index in [1.54, 1.807) is 6.26 Å². The molecule has 4 nitrogen and oxygen atoms in total. The molecule has 5 heteroatoms. The molecule has 5 rings (SSSR count). The zero-order chi connectivity index (χ0) is 18.9. The Morgan fingerprint density at radius 2 is 1.85 bits per heavy atom. The van der Waals surface area contributed by atoms with Crippen molar-refractivity contribution in [2.75, 3.05) is 12.0 Å². The molecule has 2 bridgehead atoms. The Morgan fingerprint density at radius 3 is 2.50 bits per heavy atom. The summed E-state index contributed by atoms with van der Waals surface area (Å²) < 4.78 is 11.9. The van der Waals surface area contributed by atoms with E-state index in [9.17, 15) is 19.6 Å². The first-order valence-corrected chi connectivity index (χ1v) is 12.1. The maximum atomic E-state index is 12.1. The van der Waals surface area contributed by atoms with Crippen LogP contribution in [0.4, 0.5) is 0 Å². The number of carboxylic acids is 1. The second-order valence-corrected chi connectivity index (χ2v) is 11.8. The highest BCUT2D eigenvalue weighted by Gasteiger charge is 2.68. The van der Waals surface area contributed by atoms with Crippen LogP contribution in [-0.2, 0) is 16.0 Å². The molecule has 5 aliphatic rings. The van der Waals surface area contributed by atoms with Crippen molar-refractivity contribution in [3.8, 4) is 0 Å². The first kappa shape index (κ1) is 19.1. The predicted molar refractivity (Wildman–Crippen MR) is 102 cm³/mol. The van der Waals surface area contributed by atoms with Crippen molar-refractivity contribution < 1.29 is 19.6 Å². The van der Waals surface area contributed by atoms with E-state index < -0.39 is 22.6 Å². The summed E-state index contributed by atoms with van der Waals surface area (Å²) >= 11 is -0.876. The van der Waals surface area contributed by atoms with Crippen LogP contribution in [0.3, 0.4) is 0 Å². The van der Waals surface area contributed by atoms with Gasteiger partial charge in [-0.1, -0.05) is 24.5 Å². The van der Waals surface area contributed by atoms with Crippen molar-refractivity contribution in [1.82, 2.24) is 0 Å². The van der Waals surface area contributed by atoms with Gasteiger partial charge in [-0.25, -0.2) is 0 Å². The highest BCUT2D eigenvalue weighted by atomic mass is 32.2. The van der Waals surface area contributed by atoms with Gasteiger partial charge >= 0.3 is 5.97 Å². The topological polar surface area (TPSA) is 80.6 Å². The number of hydrogen-bond donors (Lipinski definition) is 2. The molecule has 9 atom stereocenters. The van der Waals surface area contributed by atoms with E-state index in [4.69, 9.17) is 0 Å². The summed E-state index contributed by atoms with van der Waals surface area (Å²) in [6.07, 6.45) is 9.42. The fourth-order valence-corrected chi connectivity index (χ4v) is 9.23. The molecule has 5 saturated carbocycles. The summed E-state index contributed by atoms with van der Waals surface area (Å²) in [5.41, 5.74) is -0.680. The van der Waals surface area contributed by atoms with E-state index in [-0.39, 0.29) is 28.8 Å². The molecule has 1 spiro atoms. The summed E-state index contributed by atoms with van der Waals surface area (Å²) in [6, 6.07) is 0. The second kappa shape index (κ2) is 6.12. The smallest absolute Gasteiger partial charge is 0.309 e. The molecule has 148 valence electrons. The van der Waals surface area contributed by atoms with E-state index in [1.807, 2.05) is 6.92 Å². The zero-order valence-electron chi connectivity index (χ0n) is 16.4. The largest absolute Gasteiger partial charge is 0.617 e. The number of hydrogen-bond acceptors (Lipinski definition) is 3. The molecule has 2 N–H and O–H groups in total. The molecule has 5 fully saturated rings. The molecule has 5 aliphatic carbocycles. The highest BCUT2D eigenvalue weighted by molar-refractivity contribution is 7.90. The Kier molecular flexibility index (Phi) is 4.49. The van der Waals surface area contributed by atoms with Crippen LogP contribution in [0.2, 0.25) is 0 Å². The Balaban J connectivity index is 1.70. The molecule has 2 unspecified atom stereocenters. The number of aliphatic carboxylic acids is 1. The van der Waals surface area contributed by atoms with Crippen LogP contribution >= 0.6 is 0 Å². The Labute approximate surface area is 160 Å². The number of carboxylic acid groups (broad SMARTS) is 1. The first-order chi connectivity index (χ1) is 12.1. The summed E-state index contributed by atoms with van der Waals surface area (Å²) in [6.45, 7) is 4.31. The van der Waals surface area contributed by atoms with Crippen LogP contribution in [0.15, 0.2) is 0 Å².